The third-order valence-corrected chi connectivity index (χ3v) is 5.60. The van der Waals surface area contributed by atoms with Gasteiger partial charge in [0.1, 0.15) is 0 Å². The van der Waals surface area contributed by atoms with E-state index in [0.717, 1.165) is 12.0 Å². The summed E-state index contributed by atoms with van der Waals surface area (Å²) in [6.07, 6.45) is 2.35. The lowest BCUT2D eigenvalue weighted by Crippen LogP contribution is -2.35. The van der Waals surface area contributed by atoms with Crippen molar-refractivity contribution >= 4 is 28.8 Å². The van der Waals surface area contributed by atoms with E-state index in [2.05, 4.69) is 16.8 Å². The van der Waals surface area contributed by atoms with E-state index in [1.165, 1.54) is 16.7 Å². The molecule has 0 bridgehead atoms. The maximum Gasteiger partial charge on any atom is 0.291 e. The number of thiophene rings is 1. The summed E-state index contributed by atoms with van der Waals surface area (Å²) in [7, 11) is 0. The predicted molar refractivity (Wildman–Crippen MR) is 101 cm³/mol. The lowest BCUT2D eigenvalue weighted by Gasteiger charge is -2.27. The zero-order valence-corrected chi connectivity index (χ0v) is 15.1. The van der Waals surface area contributed by atoms with Gasteiger partial charge in [-0.2, -0.15) is 0 Å². The van der Waals surface area contributed by atoms with Crippen LogP contribution in [0.15, 0.2) is 52.5 Å². The van der Waals surface area contributed by atoms with Crippen LogP contribution in [0, 0.1) is 6.92 Å². The molecule has 132 valence electrons. The van der Waals surface area contributed by atoms with Crippen LogP contribution in [0.4, 0.5) is 5.69 Å². The molecular formula is C20H18N2O3S. The highest BCUT2D eigenvalue weighted by atomic mass is 32.1. The van der Waals surface area contributed by atoms with Gasteiger partial charge in [-0.15, -0.1) is 11.3 Å². The van der Waals surface area contributed by atoms with Gasteiger partial charge in [-0.3, -0.25) is 9.59 Å². The summed E-state index contributed by atoms with van der Waals surface area (Å²) in [4.78, 5) is 28.4. The van der Waals surface area contributed by atoms with Gasteiger partial charge in [0.05, 0.1) is 6.26 Å². The molecule has 0 radical (unpaired) electrons. The maximum absolute atomic E-state index is 12.9. The molecule has 0 saturated heterocycles. The molecule has 3 heterocycles. The minimum absolute atomic E-state index is 0.0182. The van der Waals surface area contributed by atoms with E-state index in [-0.39, 0.29) is 17.6 Å². The van der Waals surface area contributed by atoms with Gasteiger partial charge < -0.3 is 14.6 Å². The second kappa shape index (κ2) is 6.80. The number of amides is 2. The Bertz CT molecular complexity index is 959. The number of hydrogen-bond donors (Lipinski definition) is 1. The third kappa shape index (κ3) is 3.15. The van der Waals surface area contributed by atoms with Gasteiger partial charge in [0, 0.05) is 29.2 Å². The molecule has 3 aromatic rings. The van der Waals surface area contributed by atoms with Crippen molar-refractivity contribution in [2.75, 3.05) is 11.9 Å². The molecule has 1 aromatic carbocycles. The molecule has 1 aliphatic heterocycles. The number of rotatable bonds is 3. The highest BCUT2D eigenvalue weighted by Crippen LogP contribution is 2.26. The largest absolute Gasteiger partial charge is 0.459 e. The van der Waals surface area contributed by atoms with E-state index in [1.54, 1.807) is 29.5 Å². The minimum atomic E-state index is -0.330. The number of carbonyl (C=O) groups is 2. The summed E-state index contributed by atoms with van der Waals surface area (Å²) in [6.45, 7) is 3.25. The summed E-state index contributed by atoms with van der Waals surface area (Å²) in [5.41, 5.74) is 3.31. The van der Waals surface area contributed by atoms with Crippen LogP contribution in [-0.2, 0) is 13.0 Å². The average Bonchev–Trinajstić information content (AvgIpc) is 3.34. The van der Waals surface area contributed by atoms with Crippen molar-refractivity contribution in [3.05, 3.63) is 75.4 Å². The fraction of sp³-hybridized carbons (Fsp3) is 0.200. The zero-order valence-electron chi connectivity index (χ0n) is 14.3. The molecule has 0 unspecified atom stereocenters. The van der Waals surface area contributed by atoms with Crippen molar-refractivity contribution in [1.82, 2.24) is 4.90 Å². The van der Waals surface area contributed by atoms with Gasteiger partial charge in [-0.25, -0.2) is 0 Å². The lowest BCUT2D eigenvalue weighted by atomic mass is 10.1. The third-order valence-electron chi connectivity index (χ3n) is 4.57. The quantitative estimate of drug-likeness (QED) is 0.759. The van der Waals surface area contributed by atoms with E-state index < -0.39 is 0 Å². The van der Waals surface area contributed by atoms with Gasteiger partial charge in [0.15, 0.2) is 5.76 Å². The van der Waals surface area contributed by atoms with E-state index in [1.807, 2.05) is 24.0 Å². The van der Waals surface area contributed by atoms with E-state index in [4.69, 9.17) is 4.42 Å². The number of furan rings is 1. The second-order valence-corrected chi connectivity index (χ2v) is 7.31. The summed E-state index contributed by atoms with van der Waals surface area (Å²) in [6, 6.07) is 10.8. The van der Waals surface area contributed by atoms with Crippen molar-refractivity contribution in [2.45, 2.75) is 19.9 Å². The van der Waals surface area contributed by atoms with Crippen molar-refractivity contribution < 1.29 is 14.0 Å². The molecule has 0 aliphatic carbocycles. The Morgan fingerprint density at radius 2 is 2.12 bits per heavy atom. The monoisotopic (exact) mass is 366 g/mol. The number of aryl methyl sites for hydroxylation is 1. The van der Waals surface area contributed by atoms with Crippen molar-refractivity contribution in [3.8, 4) is 0 Å². The van der Waals surface area contributed by atoms with Gasteiger partial charge in [-0.1, -0.05) is 6.07 Å². The summed E-state index contributed by atoms with van der Waals surface area (Å²) >= 11 is 1.75. The Morgan fingerprint density at radius 3 is 2.92 bits per heavy atom. The SMILES string of the molecule is Cc1ccc(C(=O)N2CCc3sccc3C2)cc1NC(=O)c1ccco1. The molecule has 2 aromatic heterocycles. The molecule has 1 N–H and O–H groups in total. The number of carbonyl (C=O) groups excluding carboxylic acids is 2. The van der Waals surface area contributed by atoms with E-state index in [0.29, 0.717) is 24.3 Å². The standard InChI is InChI=1S/C20H18N2O3S/c1-13-4-5-14(11-16(13)21-19(23)17-3-2-9-25-17)20(24)22-8-6-18-15(12-22)7-10-26-18/h2-5,7,9-11H,6,8,12H2,1H3,(H,21,23). The van der Waals surface area contributed by atoms with Crippen LogP contribution in [0.2, 0.25) is 0 Å². The van der Waals surface area contributed by atoms with Crippen molar-refractivity contribution in [1.29, 1.82) is 0 Å². The Hall–Kier alpha value is -2.86. The molecule has 6 heteroatoms. The van der Waals surface area contributed by atoms with Gasteiger partial charge in [0.2, 0.25) is 0 Å². The first-order valence-electron chi connectivity index (χ1n) is 8.42. The molecule has 26 heavy (non-hydrogen) atoms. The predicted octanol–water partition coefficient (Wildman–Crippen LogP) is 4.10. The highest BCUT2D eigenvalue weighted by Gasteiger charge is 2.23. The smallest absolute Gasteiger partial charge is 0.291 e. The minimum Gasteiger partial charge on any atom is -0.459 e. The number of nitrogens with zero attached hydrogens (tertiary/aromatic N) is 1. The topological polar surface area (TPSA) is 62.6 Å². The number of hydrogen-bond acceptors (Lipinski definition) is 4. The number of nitrogens with one attached hydrogen (secondary N) is 1. The fourth-order valence-corrected chi connectivity index (χ4v) is 3.98. The van der Waals surface area contributed by atoms with E-state index >= 15 is 0 Å². The molecule has 0 fully saturated rings. The first kappa shape index (κ1) is 16.6. The molecule has 1 aliphatic rings. The molecule has 0 saturated carbocycles. The molecule has 0 spiro atoms. The molecule has 4 rings (SSSR count). The Kier molecular flexibility index (Phi) is 4.34. The van der Waals surface area contributed by atoms with Crippen LogP contribution in [0.1, 0.15) is 36.9 Å². The Morgan fingerprint density at radius 1 is 1.23 bits per heavy atom. The number of anilines is 1. The van der Waals surface area contributed by atoms with Crippen LogP contribution in [0.25, 0.3) is 0 Å². The van der Waals surface area contributed by atoms with Crippen LogP contribution in [0.3, 0.4) is 0 Å². The summed E-state index contributed by atoms with van der Waals surface area (Å²) in [5.74, 6) is -0.110. The number of benzene rings is 1. The molecule has 0 atom stereocenters. The zero-order chi connectivity index (χ0) is 18.1. The van der Waals surface area contributed by atoms with Crippen LogP contribution < -0.4 is 5.32 Å². The normalized spacial score (nSPS) is 13.3. The highest BCUT2D eigenvalue weighted by molar-refractivity contribution is 7.10. The first-order chi connectivity index (χ1) is 12.6. The van der Waals surface area contributed by atoms with Crippen molar-refractivity contribution in [2.24, 2.45) is 0 Å². The van der Waals surface area contributed by atoms with Crippen molar-refractivity contribution in [3.63, 3.8) is 0 Å². The van der Waals surface area contributed by atoms with Crippen LogP contribution >= 0.6 is 11.3 Å². The fourth-order valence-electron chi connectivity index (χ4n) is 3.09. The number of fused-ring (bicyclic) bond motifs is 1. The van der Waals surface area contributed by atoms with Crippen LogP contribution in [-0.4, -0.2) is 23.3 Å². The van der Waals surface area contributed by atoms with Gasteiger partial charge in [0.25, 0.3) is 11.8 Å². The van der Waals surface area contributed by atoms with Crippen LogP contribution in [0.5, 0.6) is 0 Å². The summed E-state index contributed by atoms with van der Waals surface area (Å²) in [5, 5.41) is 4.90. The van der Waals surface area contributed by atoms with Gasteiger partial charge in [-0.05, 0) is 60.2 Å². The maximum atomic E-state index is 12.9. The summed E-state index contributed by atoms with van der Waals surface area (Å²) < 4.78 is 5.12. The van der Waals surface area contributed by atoms with E-state index in [9.17, 15) is 9.59 Å². The lowest BCUT2D eigenvalue weighted by molar-refractivity contribution is 0.0735. The molecule has 5 nitrogen and oxygen atoms in total. The Labute approximate surface area is 155 Å². The Balaban J connectivity index is 1.54. The first-order valence-corrected chi connectivity index (χ1v) is 9.30. The molecular weight excluding hydrogens is 348 g/mol. The molecule has 2 amide bonds. The average molecular weight is 366 g/mol. The second-order valence-electron chi connectivity index (χ2n) is 6.31. The van der Waals surface area contributed by atoms with Gasteiger partial charge >= 0.3 is 0 Å².